The normalized spacial score (nSPS) is 10.6. The van der Waals surface area contributed by atoms with Crippen LogP contribution in [0.1, 0.15) is 29.2 Å². The smallest absolute Gasteiger partial charge is 0.350 e. The molecule has 0 saturated heterocycles. The van der Waals surface area contributed by atoms with Crippen molar-refractivity contribution in [3.8, 4) is 0 Å². The first-order valence-corrected chi connectivity index (χ1v) is 6.73. The van der Waals surface area contributed by atoms with Crippen molar-refractivity contribution in [3.63, 3.8) is 0 Å². The van der Waals surface area contributed by atoms with E-state index in [9.17, 15) is 14.4 Å². The largest absolute Gasteiger partial charge is 0.462 e. The summed E-state index contributed by atoms with van der Waals surface area (Å²) >= 11 is 1.05. The van der Waals surface area contributed by atoms with E-state index in [1.807, 2.05) is 0 Å². The number of esters is 1. The van der Waals surface area contributed by atoms with Gasteiger partial charge in [0.2, 0.25) is 5.91 Å². The number of anilines is 1. The summed E-state index contributed by atoms with van der Waals surface area (Å²) in [5.41, 5.74) is 0.0881. The average molecular weight is 295 g/mol. The van der Waals surface area contributed by atoms with Crippen LogP contribution in [0.5, 0.6) is 0 Å². The Morgan fingerprint density at radius 1 is 1.50 bits per heavy atom. The summed E-state index contributed by atoms with van der Waals surface area (Å²) < 4.78 is 6.51. The number of thiazole rings is 1. The number of hydrogen-bond donors (Lipinski definition) is 1. The molecule has 2 aromatic rings. The molecule has 0 aliphatic carbocycles. The van der Waals surface area contributed by atoms with Crippen molar-refractivity contribution < 1.29 is 14.3 Å². The van der Waals surface area contributed by atoms with Gasteiger partial charge in [0.1, 0.15) is 10.7 Å². The lowest BCUT2D eigenvalue weighted by Gasteiger charge is -2.06. The minimum absolute atomic E-state index is 0.260. The fraction of sp³-hybridized carbons (Fsp3) is 0.333. The Balaban J connectivity index is 2.67. The van der Waals surface area contributed by atoms with Gasteiger partial charge < -0.3 is 10.1 Å². The number of carbonyl (C=O) groups is 2. The third-order valence-electron chi connectivity index (χ3n) is 2.52. The maximum atomic E-state index is 11.8. The molecular weight excluding hydrogens is 282 g/mol. The highest BCUT2D eigenvalue weighted by molar-refractivity contribution is 7.19. The molecule has 106 valence electrons. The first-order valence-electron chi connectivity index (χ1n) is 5.92. The number of aryl methyl sites for hydroxylation is 1. The maximum Gasteiger partial charge on any atom is 0.350 e. The van der Waals surface area contributed by atoms with Gasteiger partial charge in [-0.3, -0.25) is 14.0 Å². The second-order valence-electron chi connectivity index (χ2n) is 4.02. The van der Waals surface area contributed by atoms with Crippen LogP contribution in [-0.2, 0) is 9.53 Å². The molecule has 2 heterocycles. The van der Waals surface area contributed by atoms with Crippen LogP contribution in [0, 0.1) is 6.92 Å². The second kappa shape index (κ2) is 5.41. The minimum Gasteiger partial charge on any atom is -0.462 e. The molecule has 8 heteroatoms. The molecule has 0 radical (unpaired) electrons. The Bertz CT molecular complexity index is 747. The zero-order valence-corrected chi connectivity index (χ0v) is 12.0. The third kappa shape index (κ3) is 2.55. The zero-order valence-electron chi connectivity index (χ0n) is 11.2. The summed E-state index contributed by atoms with van der Waals surface area (Å²) in [4.78, 5) is 39.1. The molecular formula is C12H13N3O4S. The summed E-state index contributed by atoms with van der Waals surface area (Å²) in [5.74, 6) is -0.494. The van der Waals surface area contributed by atoms with Gasteiger partial charge in [0.05, 0.1) is 6.61 Å². The Kier molecular flexibility index (Phi) is 3.84. The van der Waals surface area contributed by atoms with Gasteiger partial charge in [0.25, 0.3) is 5.56 Å². The van der Waals surface area contributed by atoms with Gasteiger partial charge in [-0.25, -0.2) is 4.79 Å². The number of rotatable bonds is 3. The average Bonchev–Trinajstić information content (AvgIpc) is 2.66. The third-order valence-corrected chi connectivity index (χ3v) is 3.64. The lowest BCUT2D eigenvalue weighted by atomic mass is 10.4. The van der Waals surface area contributed by atoms with Crippen molar-refractivity contribution in [2.75, 3.05) is 11.9 Å². The predicted molar refractivity (Wildman–Crippen MR) is 74.3 cm³/mol. The van der Waals surface area contributed by atoms with Crippen LogP contribution in [0.4, 0.5) is 5.82 Å². The van der Waals surface area contributed by atoms with E-state index < -0.39 is 11.5 Å². The summed E-state index contributed by atoms with van der Waals surface area (Å²) in [7, 11) is 0. The first-order chi connectivity index (χ1) is 9.43. The van der Waals surface area contributed by atoms with Crippen LogP contribution < -0.4 is 10.9 Å². The molecule has 0 aliphatic heterocycles. The standard InChI is InChI=1S/C12H13N3O4S/c1-4-19-11(18)10-6(2)15-8(13-7(3)16)5-9(17)14-12(15)20-10/h5H,4H2,1-3H3,(H,13,16). The SMILES string of the molecule is CCOC(=O)c1sc2nc(=O)cc(NC(C)=O)n2c1C. The van der Waals surface area contributed by atoms with Gasteiger partial charge >= 0.3 is 5.97 Å². The highest BCUT2D eigenvalue weighted by atomic mass is 32.1. The highest BCUT2D eigenvalue weighted by Gasteiger charge is 2.19. The van der Waals surface area contributed by atoms with Gasteiger partial charge in [-0.05, 0) is 13.8 Å². The molecule has 0 aliphatic rings. The predicted octanol–water partition coefficient (Wildman–Crippen LogP) is 1.20. The van der Waals surface area contributed by atoms with E-state index in [1.165, 1.54) is 13.0 Å². The monoisotopic (exact) mass is 295 g/mol. The molecule has 2 aromatic heterocycles. The van der Waals surface area contributed by atoms with E-state index in [0.717, 1.165) is 11.3 Å². The Morgan fingerprint density at radius 2 is 2.20 bits per heavy atom. The fourth-order valence-electron chi connectivity index (χ4n) is 1.78. The van der Waals surface area contributed by atoms with Gasteiger partial charge in [-0.1, -0.05) is 11.3 Å². The van der Waals surface area contributed by atoms with Crippen molar-refractivity contribution in [3.05, 3.63) is 27.0 Å². The maximum absolute atomic E-state index is 11.8. The Hall–Kier alpha value is -2.22. The molecule has 1 N–H and O–H groups in total. The number of ether oxygens (including phenoxy) is 1. The molecule has 0 unspecified atom stereocenters. The summed E-state index contributed by atoms with van der Waals surface area (Å²) in [6, 6.07) is 1.21. The Morgan fingerprint density at radius 3 is 2.80 bits per heavy atom. The van der Waals surface area contributed by atoms with Crippen molar-refractivity contribution in [2.24, 2.45) is 0 Å². The molecule has 0 saturated carbocycles. The number of amides is 1. The van der Waals surface area contributed by atoms with Crippen LogP contribution in [-0.4, -0.2) is 27.9 Å². The van der Waals surface area contributed by atoms with Crippen LogP contribution in [0.2, 0.25) is 0 Å². The summed E-state index contributed by atoms with van der Waals surface area (Å²) in [5, 5.41) is 2.55. The number of hydrogen-bond acceptors (Lipinski definition) is 6. The molecule has 7 nitrogen and oxygen atoms in total. The summed E-state index contributed by atoms with van der Waals surface area (Å²) in [6.07, 6.45) is 0. The number of aromatic nitrogens is 2. The number of carbonyl (C=O) groups excluding carboxylic acids is 2. The van der Waals surface area contributed by atoms with E-state index in [-0.39, 0.29) is 18.3 Å². The topological polar surface area (TPSA) is 89.8 Å². The number of fused-ring (bicyclic) bond motifs is 1. The van der Waals surface area contributed by atoms with Crippen molar-refractivity contribution >= 4 is 34.0 Å². The van der Waals surface area contributed by atoms with Crippen LogP contribution in [0.3, 0.4) is 0 Å². The van der Waals surface area contributed by atoms with Gasteiger partial charge in [0.15, 0.2) is 4.96 Å². The van der Waals surface area contributed by atoms with Crippen LogP contribution >= 0.6 is 11.3 Å². The molecule has 1 amide bonds. The molecule has 0 spiro atoms. The van der Waals surface area contributed by atoms with Crippen LogP contribution in [0.25, 0.3) is 4.96 Å². The van der Waals surface area contributed by atoms with E-state index in [1.54, 1.807) is 18.2 Å². The van der Waals surface area contributed by atoms with E-state index >= 15 is 0 Å². The Labute approximate surface area is 118 Å². The molecule has 0 fully saturated rings. The van der Waals surface area contributed by atoms with E-state index in [0.29, 0.717) is 15.5 Å². The van der Waals surface area contributed by atoms with Crippen molar-refractivity contribution in [1.82, 2.24) is 9.38 Å². The summed E-state index contributed by atoms with van der Waals surface area (Å²) in [6.45, 7) is 5.01. The van der Waals surface area contributed by atoms with E-state index in [4.69, 9.17) is 4.74 Å². The molecule has 20 heavy (non-hydrogen) atoms. The van der Waals surface area contributed by atoms with Gasteiger partial charge in [0, 0.05) is 18.7 Å². The minimum atomic E-state index is -0.481. The lowest BCUT2D eigenvalue weighted by molar-refractivity contribution is -0.114. The second-order valence-corrected chi connectivity index (χ2v) is 4.99. The highest BCUT2D eigenvalue weighted by Crippen LogP contribution is 2.24. The molecule has 0 aromatic carbocycles. The fourth-order valence-corrected chi connectivity index (χ4v) is 2.80. The van der Waals surface area contributed by atoms with E-state index in [2.05, 4.69) is 10.3 Å². The lowest BCUT2D eigenvalue weighted by Crippen LogP contribution is -2.16. The van der Waals surface area contributed by atoms with Crippen molar-refractivity contribution in [1.29, 1.82) is 0 Å². The number of nitrogens with one attached hydrogen (secondary N) is 1. The molecule has 0 bridgehead atoms. The van der Waals surface area contributed by atoms with Gasteiger partial charge in [-0.2, -0.15) is 4.98 Å². The zero-order chi connectivity index (χ0) is 14.9. The van der Waals surface area contributed by atoms with Crippen molar-refractivity contribution in [2.45, 2.75) is 20.8 Å². The van der Waals surface area contributed by atoms with Gasteiger partial charge in [-0.15, -0.1) is 0 Å². The first kappa shape index (κ1) is 14.2. The number of nitrogens with zero attached hydrogens (tertiary/aromatic N) is 2. The quantitative estimate of drug-likeness (QED) is 0.859. The van der Waals surface area contributed by atoms with Crippen LogP contribution in [0.15, 0.2) is 10.9 Å². The molecule has 0 atom stereocenters. The molecule has 2 rings (SSSR count).